The van der Waals surface area contributed by atoms with Gasteiger partial charge in [-0.05, 0) is 30.3 Å². The number of hydrogen-bond acceptors (Lipinski definition) is 7. The predicted molar refractivity (Wildman–Crippen MR) is 98.2 cm³/mol. The molecule has 4 heterocycles. The fourth-order valence-electron chi connectivity index (χ4n) is 2.56. The molecule has 4 aromatic heterocycles. The lowest BCUT2D eigenvalue weighted by atomic mass is 10.2. The van der Waals surface area contributed by atoms with Gasteiger partial charge in [-0.25, -0.2) is 9.97 Å². The number of nitrogens with zero attached hydrogens (tertiary/aromatic N) is 6. The second-order valence-electron chi connectivity index (χ2n) is 6.23. The maximum atomic E-state index is 13.0. The van der Waals surface area contributed by atoms with E-state index in [-0.39, 0.29) is 29.0 Å². The molecular weight excluding hydrogens is 442 g/mol. The minimum Gasteiger partial charge on any atom is -0.324 e. The summed E-state index contributed by atoms with van der Waals surface area (Å²) in [5, 5.41) is 8.94. The van der Waals surface area contributed by atoms with Crippen molar-refractivity contribution in [1.29, 1.82) is 0 Å². The first-order valence-corrected chi connectivity index (χ1v) is 8.70. The molecule has 14 heteroatoms. The van der Waals surface area contributed by atoms with E-state index in [4.69, 9.17) is 0 Å². The fourth-order valence-corrected chi connectivity index (χ4v) is 2.56. The van der Waals surface area contributed by atoms with Crippen molar-refractivity contribution in [2.45, 2.75) is 12.4 Å². The first kappa shape index (κ1) is 21.1. The predicted octanol–water partition coefficient (Wildman–Crippen LogP) is 4.50. The number of hydrogen-bond donors (Lipinski definition) is 2. The lowest BCUT2D eigenvalue weighted by Gasteiger charge is -2.11. The van der Waals surface area contributed by atoms with Gasteiger partial charge in [-0.15, -0.1) is 0 Å². The molecule has 0 aliphatic heterocycles. The van der Waals surface area contributed by atoms with E-state index < -0.39 is 23.7 Å². The molecule has 4 aromatic rings. The number of H-pyrrole nitrogens is 1. The van der Waals surface area contributed by atoms with Crippen LogP contribution in [0.25, 0.3) is 23.0 Å². The molecule has 0 amide bonds. The Hall–Kier alpha value is -4.10. The summed E-state index contributed by atoms with van der Waals surface area (Å²) in [6.45, 7) is 0. The molecule has 0 saturated carbocycles. The van der Waals surface area contributed by atoms with Crippen LogP contribution in [-0.4, -0.2) is 35.1 Å². The molecule has 0 radical (unpaired) electrons. The molecular formula is C18H10F6N8. The zero-order valence-corrected chi connectivity index (χ0v) is 15.6. The van der Waals surface area contributed by atoms with Crippen molar-refractivity contribution in [3.8, 4) is 23.0 Å². The summed E-state index contributed by atoms with van der Waals surface area (Å²) in [5.74, 6) is -0.472. The Kier molecular flexibility index (Phi) is 5.20. The van der Waals surface area contributed by atoms with E-state index in [0.717, 1.165) is 24.4 Å². The van der Waals surface area contributed by atoms with Crippen LogP contribution in [0.4, 0.5) is 38.0 Å². The third-order valence-corrected chi connectivity index (χ3v) is 3.95. The Bertz CT molecular complexity index is 1240. The van der Waals surface area contributed by atoms with Gasteiger partial charge < -0.3 is 5.32 Å². The number of alkyl halides is 6. The zero-order chi connectivity index (χ0) is 22.9. The van der Waals surface area contributed by atoms with Crippen molar-refractivity contribution >= 4 is 11.6 Å². The highest BCUT2D eigenvalue weighted by Gasteiger charge is 2.33. The van der Waals surface area contributed by atoms with E-state index >= 15 is 0 Å². The summed E-state index contributed by atoms with van der Waals surface area (Å²) in [4.78, 5) is 19.0. The highest BCUT2D eigenvalue weighted by atomic mass is 19.4. The van der Waals surface area contributed by atoms with Crippen molar-refractivity contribution in [3.05, 3.63) is 60.2 Å². The first-order chi connectivity index (χ1) is 15.1. The van der Waals surface area contributed by atoms with Crippen LogP contribution in [0.15, 0.2) is 48.8 Å². The monoisotopic (exact) mass is 452 g/mol. The summed E-state index contributed by atoms with van der Waals surface area (Å²) in [5.41, 5.74) is -2.26. The SMILES string of the molecule is FC(F)(F)c1cc(Nc2nc(-c3cccc(C(F)(F)F)n3)nc(-c3ccn[nH]3)n2)ccn1. The van der Waals surface area contributed by atoms with Gasteiger partial charge in [0.2, 0.25) is 5.95 Å². The molecule has 0 aliphatic carbocycles. The van der Waals surface area contributed by atoms with Crippen LogP contribution in [0.1, 0.15) is 11.4 Å². The number of aromatic nitrogens is 7. The van der Waals surface area contributed by atoms with Gasteiger partial charge in [0.15, 0.2) is 11.6 Å². The van der Waals surface area contributed by atoms with Crippen molar-refractivity contribution in [3.63, 3.8) is 0 Å². The molecule has 0 spiro atoms. The van der Waals surface area contributed by atoms with Crippen LogP contribution in [0.2, 0.25) is 0 Å². The Morgan fingerprint density at radius 1 is 0.750 bits per heavy atom. The van der Waals surface area contributed by atoms with Gasteiger partial charge in [0.25, 0.3) is 0 Å². The third-order valence-electron chi connectivity index (χ3n) is 3.95. The van der Waals surface area contributed by atoms with E-state index in [9.17, 15) is 26.3 Å². The van der Waals surface area contributed by atoms with E-state index in [1.807, 2.05) is 0 Å². The molecule has 164 valence electrons. The number of anilines is 2. The van der Waals surface area contributed by atoms with Crippen molar-refractivity contribution in [2.75, 3.05) is 5.32 Å². The van der Waals surface area contributed by atoms with Gasteiger partial charge in [-0.2, -0.15) is 41.4 Å². The topological polar surface area (TPSA) is 105 Å². The molecule has 0 aliphatic rings. The molecule has 32 heavy (non-hydrogen) atoms. The van der Waals surface area contributed by atoms with E-state index in [1.165, 1.54) is 24.4 Å². The number of halogens is 6. The Morgan fingerprint density at radius 2 is 1.50 bits per heavy atom. The van der Waals surface area contributed by atoms with Gasteiger partial charge in [-0.3, -0.25) is 10.1 Å². The summed E-state index contributed by atoms with van der Waals surface area (Å²) in [6, 6.07) is 6.67. The summed E-state index contributed by atoms with van der Waals surface area (Å²) in [6.07, 6.45) is -7.03. The van der Waals surface area contributed by atoms with Gasteiger partial charge in [0.1, 0.15) is 22.8 Å². The average molecular weight is 452 g/mol. The molecule has 0 aromatic carbocycles. The zero-order valence-electron chi connectivity index (χ0n) is 15.6. The number of aromatic amines is 1. The van der Waals surface area contributed by atoms with E-state index in [2.05, 4.69) is 40.4 Å². The van der Waals surface area contributed by atoms with E-state index in [0.29, 0.717) is 5.69 Å². The Labute approximate surface area is 174 Å². The Morgan fingerprint density at radius 3 is 2.19 bits per heavy atom. The second kappa shape index (κ2) is 7.86. The largest absolute Gasteiger partial charge is 0.433 e. The molecule has 0 fully saturated rings. The Balaban J connectivity index is 1.78. The molecule has 0 saturated heterocycles. The average Bonchev–Trinajstić information content (AvgIpc) is 3.28. The second-order valence-corrected chi connectivity index (χ2v) is 6.23. The third kappa shape index (κ3) is 4.63. The maximum absolute atomic E-state index is 13.0. The summed E-state index contributed by atoms with van der Waals surface area (Å²) >= 11 is 0. The fraction of sp³-hybridized carbons (Fsp3) is 0.111. The minimum absolute atomic E-state index is 0.0145. The molecule has 0 unspecified atom stereocenters. The summed E-state index contributed by atoms with van der Waals surface area (Å²) < 4.78 is 77.9. The maximum Gasteiger partial charge on any atom is 0.433 e. The number of rotatable bonds is 4. The first-order valence-electron chi connectivity index (χ1n) is 8.70. The van der Waals surface area contributed by atoms with Crippen LogP contribution in [0.3, 0.4) is 0 Å². The highest BCUT2D eigenvalue weighted by molar-refractivity contribution is 5.61. The molecule has 8 nitrogen and oxygen atoms in total. The van der Waals surface area contributed by atoms with Crippen molar-refractivity contribution < 1.29 is 26.3 Å². The van der Waals surface area contributed by atoms with Crippen LogP contribution in [0, 0.1) is 0 Å². The van der Waals surface area contributed by atoms with E-state index in [1.54, 1.807) is 0 Å². The molecule has 4 rings (SSSR count). The van der Waals surface area contributed by atoms with Gasteiger partial charge in [0, 0.05) is 18.1 Å². The van der Waals surface area contributed by atoms with Gasteiger partial charge in [0.05, 0.1) is 0 Å². The van der Waals surface area contributed by atoms with Crippen LogP contribution >= 0.6 is 0 Å². The molecule has 2 N–H and O–H groups in total. The lowest BCUT2D eigenvalue weighted by molar-refractivity contribution is -0.141. The van der Waals surface area contributed by atoms with Gasteiger partial charge in [-0.1, -0.05) is 6.07 Å². The molecule has 0 atom stereocenters. The van der Waals surface area contributed by atoms with Crippen LogP contribution in [-0.2, 0) is 12.4 Å². The highest BCUT2D eigenvalue weighted by Crippen LogP contribution is 2.31. The smallest absolute Gasteiger partial charge is 0.324 e. The van der Waals surface area contributed by atoms with Crippen LogP contribution < -0.4 is 5.32 Å². The molecule has 0 bridgehead atoms. The van der Waals surface area contributed by atoms with Crippen molar-refractivity contribution in [1.82, 2.24) is 35.1 Å². The lowest BCUT2D eigenvalue weighted by Crippen LogP contribution is -2.10. The van der Waals surface area contributed by atoms with Crippen molar-refractivity contribution in [2.24, 2.45) is 0 Å². The minimum atomic E-state index is -4.69. The quantitative estimate of drug-likeness (QED) is 0.439. The number of pyridine rings is 2. The van der Waals surface area contributed by atoms with Crippen LogP contribution in [0.5, 0.6) is 0 Å². The standard InChI is InChI=1S/C18H10F6N8/c19-17(20,21)12-3-1-2-10(28-12)14-29-15(11-5-7-26-32-11)31-16(30-14)27-9-4-6-25-13(8-9)18(22,23)24/h1-8H,(H,26,32)(H,25,27,29,30,31). The van der Waals surface area contributed by atoms with Gasteiger partial charge >= 0.3 is 12.4 Å². The normalized spacial score (nSPS) is 12.1. The summed E-state index contributed by atoms with van der Waals surface area (Å²) in [7, 11) is 0. The number of nitrogens with one attached hydrogen (secondary N) is 2.